The highest BCUT2D eigenvalue weighted by Gasteiger charge is 2.18. The van der Waals surface area contributed by atoms with Gasteiger partial charge in [-0.3, -0.25) is 0 Å². The number of hydrogen-bond donors (Lipinski definition) is 1. The molecule has 0 aromatic carbocycles. The van der Waals surface area contributed by atoms with Crippen molar-refractivity contribution in [2.45, 2.75) is 51.9 Å². The molecule has 1 aliphatic rings. The van der Waals surface area contributed by atoms with Gasteiger partial charge in [-0.25, -0.2) is 0 Å². The molecule has 3 heteroatoms. The molecule has 1 heterocycles. The Labute approximate surface area is 108 Å². The van der Waals surface area contributed by atoms with Crippen molar-refractivity contribution in [3.8, 4) is 0 Å². The van der Waals surface area contributed by atoms with E-state index >= 15 is 0 Å². The lowest BCUT2D eigenvalue weighted by Gasteiger charge is -2.26. The Morgan fingerprint density at radius 2 is 1.94 bits per heavy atom. The SMILES string of the molecule is CNCc1ccc(COC2CCC(C)CC2)s1. The highest BCUT2D eigenvalue weighted by atomic mass is 32.1. The summed E-state index contributed by atoms with van der Waals surface area (Å²) in [4.78, 5) is 2.75. The van der Waals surface area contributed by atoms with Crippen molar-refractivity contribution in [1.82, 2.24) is 5.32 Å². The Kier molecular flexibility index (Phi) is 5.01. The maximum Gasteiger partial charge on any atom is 0.0813 e. The molecule has 96 valence electrons. The molecule has 2 rings (SSSR count). The fourth-order valence-corrected chi connectivity index (χ4v) is 3.32. The minimum absolute atomic E-state index is 0.501. The van der Waals surface area contributed by atoms with Crippen LogP contribution in [0.5, 0.6) is 0 Å². The predicted molar refractivity (Wildman–Crippen MR) is 73.3 cm³/mol. The smallest absolute Gasteiger partial charge is 0.0813 e. The first-order valence-electron chi connectivity index (χ1n) is 6.61. The molecule has 1 N–H and O–H groups in total. The highest BCUT2D eigenvalue weighted by Crippen LogP contribution is 2.27. The van der Waals surface area contributed by atoms with Crippen LogP contribution in [0.15, 0.2) is 12.1 Å². The molecule has 0 saturated heterocycles. The molecule has 1 aromatic rings. The van der Waals surface area contributed by atoms with Crippen molar-refractivity contribution in [2.24, 2.45) is 5.92 Å². The van der Waals surface area contributed by atoms with Crippen LogP contribution in [0.3, 0.4) is 0 Å². The second-order valence-corrected chi connectivity index (χ2v) is 6.34. The summed E-state index contributed by atoms with van der Waals surface area (Å²) in [6.45, 7) is 4.11. The molecule has 0 spiro atoms. The molecule has 0 aliphatic heterocycles. The molecule has 17 heavy (non-hydrogen) atoms. The van der Waals surface area contributed by atoms with Crippen molar-refractivity contribution in [3.63, 3.8) is 0 Å². The van der Waals surface area contributed by atoms with E-state index in [0.717, 1.165) is 19.1 Å². The second-order valence-electron chi connectivity index (χ2n) is 5.09. The maximum absolute atomic E-state index is 6.00. The van der Waals surface area contributed by atoms with Gasteiger partial charge in [0.05, 0.1) is 12.7 Å². The topological polar surface area (TPSA) is 21.3 Å². The average Bonchev–Trinajstić information content (AvgIpc) is 2.77. The van der Waals surface area contributed by atoms with Crippen LogP contribution in [0, 0.1) is 5.92 Å². The van der Waals surface area contributed by atoms with Gasteiger partial charge in [0.15, 0.2) is 0 Å². The van der Waals surface area contributed by atoms with Gasteiger partial charge in [-0.15, -0.1) is 11.3 Å². The number of rotatable bonds is 5. The lowest BCUT2D eigenvalue weighted by molar-refractivity contribution is 0.0100. The zero-order valence-electron chi connectivity index (χ0n) is 10.9. The van der Waals surface area contributed by atoms with Gasteiger partial charge in [-0.2, -0.15) is 0 Å². The molecule has 1 aromatic heterocycles. The van der Waals surface area contributed by atoms with E-state index in [4.69, 9.17) is 4.74 Å². The van der Waals surface area contributed by atoms with Crippen LogP contribution < -0.4 is 5.32 Å². The third-order valence-electron chi connectivity index (χ3n) is 3.49. The van der Waals surface area contributed by atoms with Crippen LogP contribution in [0.25, 0.3) is 0 Å². The van der Waals surface area contributed by atoms with E-state index in [1.54, 1.807) is 0 Å². The lowest BCUT2D eigenvalue weighted by atomic mass is 9.89. The van der Waals surface area contributed by atoms with Crippen molar-refractivity contribution >= 4 is 11.3 Å². The molecule has 0 unspecified atom stereocenters. The molecule has 1 fully saturated rings. The molecule has 0 atom stereocenters. The van der Waals surface area contributed by atoms with Gasteiger partial charge < -0.3 is 10.1 Å². The number of hydrogen-bond acceptors (Lipinski definition) is 3. The fraction of sp³-hybridized carbons (Fsp3) is 0.714. The molecule has 1 saturated carbocycles. The number of nitrogens with one attached hydrogen (secondary N) is 1. The van der Waals surface area contributed by atoms with Crippen molar-refractivity contribution in [2.75, 3.05) is 7.05 Å². The summed E-state index contributed by atoms with van der Waals surface area (Å²) in [5, 5.41) is 3.18. The Morgan fingerprint density at radius 3 is 2.65 bits per heavy atom. The largest absolute Gasteiger partial charge is 0.373 e. The molecule has 0 bridgehead atoms. The first kappa shape index (κ1) is 13.1. The van der Waals surface area contributed by atoms with Crippen LogP contribution in [0.2, 0.25) is 0 Å². The molecule has 2 nitrogen and oxygen atoms in total. The molecular weight excluding hydrogens is 230 g/mol. The number of thiophene rings is 1. The predicted octanol–water partition coefficient (Wildman–Crippen LogP) is 3.56. The Bertz CT molecular complexity index is 329. The van der Waals surface area contributed by atoms with Crippen LogP contribution >= 0.6 is 11.3 Å². The first-order chi connectivity index (χ1) is 8.28. The minimum atomic E-state index is 0.501. The van der Waals surface area contributed by atoms with Gasteiger partial charge in [-0.1, -0.05) is 6.92 Å². The normalized spacial score (nSPS) is 25.1. The summed E-state index contributed by atoms with van der Waals surface area (Å²) in [6.07, 6.45) is 5.66. The van der Waals surface area contributed by atoms with E-state index in [2.05, 4.69) is 24.4 Å². The molecule has 0 radical (unpaired) electrons. The summed E-state index contributed by atoms with van der Waals surface area (Å²) < 4.78 is 6.00. The van der Waals surface area contributed by atoms with Crippen LogP contribution in [-0.4, -0.2) is 13.2 Å². The highest BCUT2D eigenvalue weighted by molar-refractivity contribution is 7.11. The monoisotopic (exact) mass is 253 g/mol. The Morgan fingerprint density at radius 1 is 1.24 bits per heavy atom. The number of ether oxygens (including phenoxy) is 1. The minimum Gasteiger partial charge on any atom is -0.373 e. The van der Waals surface area contributed by atoms with Crippen molar-refractivity contribution in [1.29, 1.82) is 0 Å². The summed E-state index contributed by atoms with van der Waals surface area (Å²) >= 11 is 1.86. The lowest BCUT2D eigenvalue weighted by Crippen LogP contribution is -2.20. The van der Waals surface area contributed by atoms with Gasteiger partial charge in [0.1, 0.15) is 0 Å². The Hall–Kier alpha value is -0.380. The van der Waals surface area contributed by atoms with E-state index in [0.29, 0.717) is 6.10 Å². The first-order valence-corrected chi connectivity index (χ1v) is 7.43. The van der Waals surface area contributed by atoms with E-state index < -0.39 is 0 Å². The fourth-order valence-electron chi connectivity index (χ4n) is 2.37. The molecule has 0 amide bonds. The average molecular weight is 253 g/mol. The zero-order valence-corrected chi connectivity index (χ0v) is 11.7. The summed E-state index contributed by atoms with van der Waals surface area (Å²) in [5.74, 6) is 0.902. The van der Waals surface area contributed by atoms with E-state index in [1.807, 2.05) is 18.4 Å². The quantitative estimate of drug-likeness (QED) is 0.866. The van der Waals surface area contributed by atoms with Gasteiger partial charge in [0, 0.05) is 16.3 Å². The zero-order chi connectivity index (χ0) is 12.1. The second kappa shape index (κ2) is 6.53. The van der Waals surface area contributed by atoms with Crippen LogP contribution in [-0.2, 0) is 17.9 Å². The van der Waals surface area contributed by atoms with Gasteiger partial charge in [0.25, 0.3) is 0 Å². The van der Waals surface area contributed by atoms with E-state index in [1.165, 1.54) is 35.4 Å². The van der Waals surface area contributed by atoms with E-state index in [9.17, 15) is 0 Å². The third-order valence-corrected chi connectivity index (χ3v) is 4.55. The van der Waals surface area contributed by atoms with Crippen LogP contribution in [0.4, 0.5) is 0 Å². The maximum atomic E-state index is 6.00. The van der Waals surface area contributed by atoms with Gasteiger partial charge in [-0.05, 0) is 50.8 Å². The summed E-state index contributed by atoms with van der Waals surface area (Å²) in [6, 6.07) is 4.39. The van der Waals surface area contributed by atoms with Gasteiger partial charge in [0.2, 0.25) is 0 Å². The van der Waals surface area contributed by atoms with Crippen molar-refractivity contribution in [3.05, 3.63) is 21.9 Å². The van der Waals surface area contributed by atoms with E-state index in [-0.39, 0.29) is 0 Å². The summed E-state index contributed by atoms with van der Waals surface area (Å²) in [5.41, 5.74) is 0. The molecule has 1 aliphatic carbocycles. The standard InChI is InChI=1S/C14H23NOS/c1-11-3-5-12(6-4-11)16-10-14-8-7-13(17-14)9-15-2/h7-8,11-12,15H,3-6,9-10H2,1-2H3. The van der Waals surface area contributed by atoms with Crippen molar-refractivity contribution < 1.29 is 4.74 Å². The molecular formula is C14H23NOS. The van der Waals surface area contributed by atoms with Gasteiger partial charge >= 0.3 is 0 Å². The third kappa shape index (κ3) is 4.09. The summed E-state index contributed by atoms with van der Waals surface area (Å²) in [7, 11) is 1.99. The Balaban J connectivity index is 1.73. The van der Waals surface area contributed by atoms with Crippen LogP contribution in [0.1, 0.15) is 42.4 Å².